The van der Waals surface area contributed by atoms with E-state index in [1.165, 1.54) is 10.3 Å². The summed E-state index contributed by atoms with van der Waals surface area (Å²) in [5.41, 5.74) is 4.45. The molecule has 0 saturated carbocycles. The molecule has 0 atom stereocenters. The molecule has 1 aliphatic heterocycles. The van der Waals surface area contributed by atoms with Crippen LogP contribution >= 0.6 is 11.3 Å². The van der Waals surface area contributed by atoms with Crippen molar-refractivity contribution in [2.24, 2.45) is 7.05 Å². The highest BCUT2D eigenvalue weighted by Crippen LogP contribution is 2.29. The quantitative estimate of drug-likeness (QED) is 0.695. The Balaban J connectivity index is 1.33. The minimum Gasteiger partial charge on any atom is -0.345 e. The van der Waals surface area contributed by atoms with Crippen LogP contribution < -0.4 is 4.90 Å². The molecule has 1 aromatic carbocycles. The molecule has 7 heteroatoms. The fourth-order valence-corrected chi connectivity index (χ4v) is 4.73. The molecule has 1 fully saturated rings. The number of piperazine rings is 1. The first-order chi connectivity index (χ1) is 13.0. The van der Waals surface area contributed by atoms with Crippen molar-refractivity contribution in [3.63, 3.8) is 0 Å². The molecule has 0 unspecified atom stereocenters. The second-order valence-corrected chi connectivity index (χ2v) is 8.11. The van der Waals surface area contributed by atoms with Gasteiger partial charge in [-0.1, -0.05) is 23.5 Å². The van der Waals surface area contributed by atoms with Crippen LogP contribution in [0.25, 0.3) is 10.2 Å². The van der Waals surface area contributed by atoms with Gasteiger partial charge in [0.2, 0.25) is 5.91 Å². The van der Waals surface area contributed by atoms with Gasteiger partial charge in [0.1, 0.15) is 0 Å². The lowest BCUT2D eigenvalue weighted by molar-refractivity contribution is -0.131. The largest absolute Gasteiger partial charge is 0.345 e. The van der Waals surface area contributed by atoms with Crippen molar-refractivity contribution in [1.82, 2.24) is 19.7 Å². The minimum absolute atomic E-state index is 0.238. The van der Waals surface area contributed by atoms with Crippen LogP contribution in [0.15, 0.2) is 24.3 Å². The van der Waals surface area contributed by atoms with Gasteiger partial charge in [0.25, 0.3) is 0 Å². The molecule has 2 aromatic heterocycles. The Labute approximate surface area is 163 Å². The molecule has 1 aliphatic rings. The van der Waals surface area contributed by atoms with Crippen molar-refractivity contribution >= 4 is 32.6 Å². The zero-order valence-corrected chi connectivity index (χ0v) is 16.9. The Morgan fingerprint density at radius 1 is 1.15 bits per heavy atom. The standard InChI is InChI=1S/C20H25N5OS/c1-14-16(15(2)23(3)22-14)8-9-19(26)24-10-12-25(13-11-24)20-21-17-6-4-5-7-18(17)27-20/h4-7H,8-13H2,1-3H3. The summed E-state index contributed by atoms with van der Waals surface area (Å²) in [6.07, 6.45) is 1.32. The summed E-state index contributed by atoms with van der Waals surface area (Å²) in [6, 6.07) is 8.23. The summed E-state index contributed by atoms with van der Waals surface area (Å²) in [5.74, 6) is 0.238. The zero-order chi connectivity index (χ0) is 19.0. The van der Waals surface area contributed by atoms with Crippen LogP contribution in [0.1, 0.15) is 23.4 Å². The van der Waals surface area contributed by atoms with Crippen molar-refractivity contribution in [3.05, 3.63) is 41.2 Å². The normalized spacial score (nSPS) is 14.9. The second kappa shape index (κ2) is 7.31. The number of nitrogens with zero attached hydrogens (tertiary/aromatic N) is 5. The number of carbonyl (C=O) groups is 1. The molecule has 1 saturated heterocycles. The molecule has 0 radical (unpaired) electrons. The van der Waals surface area contributed by atoms with E-state index in [4.69, 9.17) is 4.98 Å². The number of hydrogen-bond donors (Lipinski definition) is 0. The molecule has 27 heavy (non-hydrogen) atoms. The maximum absolute atomic E-state index is 12.7. The molecule has 0 aliphatic carbocycles. The Kier molecular flexibility index (Phi) is 4.86. The number of hydrogen-bond acceptors (Lipinski definition) is 5. The third-order valence-electron chi connectivity index (χ3n) is 5.43. The maximum Gasteiger partial charge on any atom is 0.223 e. The average molecular weight is 384 g/mol. The van der Waals surface area contributed by atoms with Crippen LogP contribution in [0.2, 0.25) is 0 Å². The molecule has 1 amide bonds. The number of para-hydroxylation sites is 1. The number of aryl methyl sites for hydroxylation is 2. The summed E-state index contributed by atoms with van der Waals surface area (Å²) in [7, 11) is 1.95. The predicted octanol–water partition coefficient (Wildman–Crippen LogP) is 2.93. The van der Waals surface area contributed by atoms with Crippen molar-refractivity contribution in [3.8, 4) is 0 Å². The van der Waals surface area contributed by atoms with Crippen LogP contribution in [0.3, 0.4) is 0 Å². The van der Waals surface area contributed by atoms with E-state index in [-0.39, 0.29) is 5.91 Å². The third-order valence-corrected chi connectivity index (χ3v) is 6.53. The van der Waals surface area contributed by atoms with Crippen LogP contribution in [0, 0.1) is 13.8 Å². The number of anilines is 1. The smallest absolute Gasteiger partial charge is 0.223 e. The van der Waals surface area contributed by atoms with Crippen LogP contribution in [0.5, 0.6) is 0 Å². The van der Waals surface area contributed by atoms with E-state index < -0.39 is 0 Å². The van der Waals surface area contributed by atoms with E-state index in [1.807, 2.05) is 35.7 Å². The van der Waals surface area contributed by atoms with E-state index in [2.05, 4.69) is 29.1 Å². The highest BCUT2D eigenvalue weighted by molar-refractivity contribution is 7.22. The summed E-state index contributed by atoms with van der Waals surface area (Å²) < 4.78 is 3.11. The molecule has 6 nitrogen and oxygen atoms in total. The SMILES string of the molecule is Cc1nn(C)c(C)c1CCC(=O)N1CCN(c2nc3ccccc3s2)CC1. The Bertz CT molecular complexity index is 935. The van der Waals surface area contributed by atoms with E-state index in [0.29, 0.717) is 6.42 Å². The lowest BCUT2D eigenvalue weighted by Gasteiger charge is -2.34. The Hall–Kier alpha value is -2.41. The number of benzene rings is 1. The number of fused-ring (bicyclic) bond motifs is 1. The summed E-state index contributed by atoms with van der Waals surface area (Å²) in [5, 5.41) is 5.50. The van der Waals surface area contributed by atoms with Crippen molar-refractivity contribution in [2.45, 2.75) is 26.7 Å². The number of thiazole rings is 1. The van der Waals surface area contributed by atoms with Gasteiger partial charge in [0.15, 0.2) is 5.13 Å². The Morgan fingerprint density at radius 2 is 1.89 bits per heavy atom. The van der Waals surface area contributed by atoms with E-state index >= 15 is 0 Å². The zero-order valence-electron chi connectivity index (χ0n) is 16.1. The van der Waals surface area contributed by atoms with E-state index in [1.54, 1.807) is 11.3 Å². The predicted molar refractivity (Wildman–Crippen MR) is 109 cm³/mol. The molecule has 3 aromatic rings. The molecule has 142 valence electrons. The molecule has 0 spiro atoms. The Morgan fingerprint density at radius 3 is 2.56 bits per heavy atom. The summed E-state index contributed by atoms with van der Waals surface area (Å²) in [4.78, 5) is 21.7. The molecule has 3 heterocycles. The lowest BCUT2D eigenvalue weighted by Crippen LogP contribution is -2.48. The van der Waals surface area contributed by atoms with Gasteiger partial charge >= 0.3 is 0 Å². The fraction of sp³-hybridized carbons (Fsp3) is 0.450. The molecular weight excluding hydrogens is 358 g/mol. The van der Waals surface area contributed by atoms with Gasteiger partial charge in [0.05, 0.1) is 15.9 Å². The van der Waals surface area contributed by atoms with Crippen LogP contribution in [0.4, 0.5) is 5.13 Å². The van der Waals surface area contributed by atoms with Crippen molar-refractivity contribution in [2.75, 3.05) is 31.1 Å². The monoisotopic (exact) mass is 383 g/mol. The molecule has 0 bridgehead atoms. The maximum atomic E-state index is 12.7. The van der Waals surface area contributed by atoms with Crippen LogP contribution in [-0.4, -0.2) is 51.8 Å². The fourth-order valence-electron chi connectivity index (χ4n) is 3.71. The highest BCUT2D eigenvalue weighted by atomic mass is 32.1. The van der Waals surface area contributed by atoms with Crippen molar-refractivity contribution in [1.29, 1.82) is 0 Å². The van der Waals surface area contributed by atoms with Gasteiger partial charge in [-0.2, -0.15) is 5.10 Å². The third kappa shape index (κ3) is 3.56. The number of amides is 1. The topological polar surface area (TPSA) is 54.3 Å². The van der Waals surface area contributed by atoms with Gasteiger partial charge in [-0.25, -0.2) is 4.98 Å². The number of aromatic nitrogens is 3. The van der Waals surface area contributed by atoms with Gasteiger partial charge < -0.3 is 9.80 Å². The number of carbonyl (C=O) groups excluding carboxylic acids is 1. The van der Waals surface area contributed by atoms with E-state index in [0.717, 1.165) is 54.6 Å². The lowest BCUT2D eigenvalue weighted by atomic mass is 10.1. The van der Waals surface area contributed by atoms with Gasteiger partial charge in [-0.15, -0.1) is 0 Å². The molecule has 0 N–H and O–H groups in total. The highest BCUT2D eigenvalue weighted by Gasteiger charge is 2.23. The van der Waals surface area contributed by atoms with Crippen molar-refractivity contribution < 1.29 is 4.79 Å². The summed E-state index contributed by atoms with van der Waals surface area (Å²) >= 11 is 1.73. The first-order valence-electron chi connectivity index (χ1n) is 9.40. The van der Waals surface area contributed by atoms with Gasteiger partial charge in [-0.05, 0) is 38.0 Å². The average Bonchev–Trinajstić information content (AvgIpc) is 3.21. The molecular formula is C20H25N5OS. The number of rotatable bonds is 4. The van der Waals surface area contributed by atoms with Gasteiger partial charge in [0, 0.05) is 45.3 Å². The van der Waals surface area contributed by atoms with Gasteiger partial charge in [-0.3, -0.25) is 9.48 Å². The second-order valence-electron chi connectivity index (χ2n) is 7.10. The van der Waals surface area contributed by atoms with Crippen LogP contribution in [-0.2, 0) is 18.3 Å². The first kappa shape index (κ1) is 18.0. The molecule has 4 rings (SSSR count). The van der Waals surface area contributed by atoms with E-state index in [9.17, 15) is 4.79 Å². The summed E-state index contributed by atoms with van der Waals surface area (Å²) in [6.45, 7) is 7.30. The minimum atomic E-state index is 0.238. The first-order valence-corrected chi connectivity index (χ1v) is 10.2.